The third-order valence-electron chi connectivity index (χ3n) is 6.47. The second-order valence-electron chi connectivity index (χ2n) is 8.88. The van der Waals surface area contributed by atoms with E-state index >= 15 is 0 Å². The number of fused-ring (bicyclic) bond motifs is 1. The van der Waals surface area contributed by atoms with E-state index in [-0.39, 0.29) is 29.2 Å². The number of amides is 2. The molecule has 0 saturated carbocycles. The Morgan fingerprint density at radius 1 is 1.03 bits per heavy atom. The van der Waals surface area contributed by atoms with Gasteiger partial charge in [-0.3, -0.25) is 9.59 Å². The van der Waals surface area contributed by atoms with Gasteiger partial charge in [0.2, 0.25) is 5.91 Å². The van der Waals surface area contributed by atoms with Crippen LogP contribution < -0.4 is 9.47 Å². The Bertz CT molecular complexity index is 1220. The molecule has 0 aliphatic carbocycles. The van der Waals surface area contributed by atoms with Gasteiger partial charge >= 0.3 is 6.61 Å². The molecule has 0 N–H and O–H groups in total. The van der Waals surface area contributed by atoms with E-state index in [2.05, 4.69) is 4.74 Å². The van der Waals surface area contributed by atoms with Crippen LogP contribution in [0.5, 0.6) is 11.5 Å². The maximum atomic E-state index is 13.2. The first-order valence-electron chi connectivity index (χ1n) is 12.1. The van der Waals surface area contributed by atoms with Crippen LogP contribution in [0.25, 0.3) is 10.8 Å². The molecule has 1 heterocycles. The van der Waals surface area contributed by atoms with Crippen molar-refractivity contribution in [2.75, 3.05) is 26.7 Å². The standard InChI is InChI=1S/C28H30F2N2O4/c1-3-35-25-17-19(11-12-24(25)36-28(29)30)18-31(2)26(33)21-13-15-32(16-14-21)27(34)23-10-6-8-20-7-4-5-9-22(20)23/h4-12,17,21,28H,3,13-16,18H2,1-2H3. The third-order valence-corrected chi connectivity index (χ3v) is 6.47. The summed E-state index contributed by atoms with van der Waals surface area (Å²) in [6.45, 7) is 0.446. The number of likely N-dealkylation sites (tertiary alicyclic amines) is 1. The van der Waals surface area contributed by atoms with E-state index < -0.39 is 6.61 Å². The summed E-state index contributed by atoms with van der Waals surface area (Å²) in [5, 5.41) is 1.95. The number of halogens is 2. The summed E-state index contributed by atoms with van der Waals surface area (Å²) < 4.78 is 35.3. The van der Waals surface area contributed by atoms with E-state index in [0.717, 1.165) is 16.3 Å². The van der Waals surface area contributed by atoms with Crippen molar-refractivity contribution in [1.82, 2.24) is 9.80 Å². The normalized spacial score (nSPS) is 14.2. The van der Waals surface area contributed by atoms with E-state index in [1.54, 1.807) is 31.0 Å². The van der Waals surface area contributed by atoms with E-state index in [1.165, 1.54) is 6.07 Å². The summed E-state index contributed by atoms with van der Waals surface area (Å²) in [6, 6.07) is 18.3. The molecule has 4 rings (SSSR count). The summed E-state index contributed by atoms with van der Waals surface area (Å²) >= 11 is 0. The zero-order valence-corrected chi connectivity index (χ0v) is 20.5. The van der Waals surface area contributed by atoms with Crippen LogP contribution >= 0.6 is 0 Å². The fraction of sp³-hybridized carbons (Fsp3) is 0.357. The average Bonchev–Trinajstić information content (AvgIpc) is 2.89. The maximum absolute atomic E-state index is 13.2. The first-order valence-corrected chi connectivity index (χ1v) is 12.1. The largest absolute Gasteiger partial charge is 0.490 e. The van der Waals surface area contributed by atoms with E-state index in [9.17, 15) is 18.4 Å². The van der Waals surface area contributed by atoms with Gasteiger partial charge < -0.3 is 19.3 Å². The molecule has 0 radical (unpaired) electrons. The molecule has 190 valence electrons. The SMILES string of the molecule is CCOc1cc(CN(C)C(=O)C2CCN(C(=O)c3cccc4ccccc34)CC2)ccc1OC(F)F. The molecule has 3 aromatic rings. The molecule has 1 aliphatic heterocycles. The van der Waals surface area contributed by atoms with Gasteiger partial charge in [-0.15, -0.1) is 0 Å². The molecule has 0 unspecified atom stereocenters. The first kappa shape index (κ1) is 25.4. The number of hydrogen-bond donors (Lipinski definition) is 0. The highest BCUT2D eigenvalue weighted by Gasteiger charge is 2.30. The van der Waals surface area contributed by atoms with Crippen molar-refractivity contribution in [3.63, 3.8) is 0 Å². The van der Waals surface area contributed by atoms with Crippen molar-refractivity contribution in [3.8, 4) is 11.5 Å². The Hall–Kier alpha value is -3.68. The van der Waals surface area contributed by atoms with Gasteiger partial charge in [-0.2, -0.15) is 8.78 Å². The molecule has 3 aromatic carbocycles. The molecular formula is C28H30F2N2O4. The number of carbonyl (C=O) groups excluding carboxylic acids is 2. The summed E-state index contributed by atoms with van der Waals surface area (Å²) in [5.41, 5.74) is 1.43. The Balaban J connectivity index is 1.36. The summed E-state index contributed by atoms with van der Waals surface area (Å²) in [6.07, 6.45) is 1.18. The number of benzene rings is 3. The lowest BCUT2D eigenvalue weighted by Crippen LogP contribution is -2.43. The molecule has 1 fully saturated rings. The Labute approximate surface area is 209 Å². The van der Waals surface area contributed by atoms with E-state index in [4.69, 9.17) is 4.74 Å². The molecule has 0 aromatic heterocycles. The van der Waals surface area contributed by atoms with Crippen molar-refractivity contribution in [1.29, 1.82) is 0 Å². The van der Waals surface area contributed by atoms with Gasteiger partial charge in [-0.1, -0.05) is 42.5 Å². The molecule has 36 heavy (non-hydrogen) atoms. The smallest absolute Gasteiger partial charge is 0.387 e. The Morgan fingerprint density at radius 2 is 1.75 bits per heavy atom. The molecular weight excluding hydrogens is 466 g/mol. The number of piperidine rings is 1. The number of rotatable bonds is 8. The quantitative estimate of drug-likeness (QED) is 0.422. The number of carbonyl (C=O) groups is 2. The van der Waals surface area contributed by atoms with Crippen LogP contribution in [0.15, 0.2) is 60.7 Å². The minimum Gasteiger partial charge on any atom is -0.490 e. The van der Waals surface area contributed by atoms with Gasteiger partial charge in [-0.25, -0.2) is 0 Å². The highest BCUT2D eigenvalue weighted by molar-refractivity contribution is 6.07. The first-order chi connectivity index (χ1) is 17.4. The van der Waals surface area contributed by atoms with Crippen LogP contribution in [-0.2, 0) is 11.3 Å². The monoisotopic (exact) mass is 496 g/mol. The molecule has 1 aliphatic rings. The molecule has 0 spiro atoms. The van der Waals surface area contributed by atoms with Gasteiger partial charge in [0, 0.05) is 38.2 Å². The van der Waals surface area contributed by atoms with Gasteiger partial charge in [0.1, 0.15) is 0 Å². The lowest BCUT2D eigenvalue weighted by Gasteiger charge is -2.33. The number of ether oxygens (including phenoxy) is 2. The van der Waals surface area contributed by atoms with Crippen LogP contribution in [0, 0.1) is 5.92 Å². The van der Waals surface area contributed by atoms with Crippen LogP contribution in [-0.4, -0.2) is 55.0 Å². The van der Waals surface area contributed by atoms with Crippen LogP contribution in [0.1, 0.15) is 35.7 Å². The highest BCUT2D eigenvalue weighted by atomic mass is 19.3. The van der Waals surface area contributed by atoms with Gasteiger partial charge in [-0.05, 0) is 54.3 Å². The van der Waals surface area contributed by atoms with Crippen molar-refractivity contribution >= 4 is 22.6 Å². The molecule has 0 atom stereocenters. The van der Waals surface area contributed by atoms with Crippen molar-refractivity contribution < 1.29 is 27.8 Å². The summed E-state index contributed by atoms with van der Waals surface area (Å²) in [5.74, 6) is -0.0117. The zero-order valence-electron chi connectivity index (χ0n) is 20.5. The van der Waals surface area contributed by atoms with Crippen LogP contribution in [0.2, 0.25) is 0 Å². The van der Waals surface area contributed by atoms with Crippen LogP contribution in [0.4, 0.5) is 8.78 Å². The number of alkyl halides is 2. The second kappa shape index (κ2) is 11.4. The zero-order chi connectivity index (χ0) is 25.7. The maximum Gasteiger partial charge on any atom is 0.387 e. The average molecular weight is 497 g/mol. The Kier molecular flexibility index (Phi) is 8.03. The van der Waals surface area contributed by atoms with Crippen molar-refractivity contribution in [2.24, 2.45) is 5.92 Å². The van der Waals surface area contributed by atoms with Gasteiger partial charge in [0.15, 0.2) is 11.5 Å². The van der Waals surface area contributed by atoms with E-state index in [1.807, 2.05) is 47.4 Å². The molecule has 0 bridgehead atoms. The predicted octanol–water partition coefficient (Wildman–Crippen LogP) is 5.35. The molecule has 8 heteroatoms. The highest BCUT2D eigenvalue weighted by Crippen LogP contribution is 2.31. The minimum atomic E-state index is -2.95. The number of hydrogen-bond acceptors (Lipinski definition) is 4. The van der Waals surface area contributed by atoms with Crippen molar-refractivity contribution in [2.45, 2.75) is 32.9 Å². The topological polar surface area (TPSA) is 59.1 Å². The second-order valence-corrected chi connectivity index (χ2v) is 8.88. The molecule has 1 saturated heterocycles. The number of nitrogens with zero attached hydrogens (tertiary/aromatic N) is 2. The lowest BCUT2D eigenvalue weighted by atomic mass is 9.94. The van der Waals surface area contributed by atoms with Gasteiger partial charge in [0.25, 0.3) is 5.91 Å². The third kappa shape index (κ3) is 5.75. The van der Waals surface area contributed by atoms with Crippen molar-refractivity contribution in [3.05, 3.63) is 71.8 Å². The molecule has 2 amide bonds. The Morgan fingerprint density at radius 3 is 2.47 bits per heavy atom. The fourth-order valence-electron chi connectivity index (χ4n) is 4.69. The summed E-state index contributed by atoms with van der Waals surface area (Å²) in [4.78, 5) is 29.8. The van der Waals surface area contributed by atoms with Crippen LogP contribution in [0.3, 0.4) is 0 Å². The van der Waals surface area contributed by atoms with Gasteiger partial charge in [0.05, 0.1) is 6.61 Å². The fourth-order valence-corrected chi connectivity index (χ4v) is 4.69. The molecule has 6 nitrogen and oxygen atoms in total. The van der Waals surface area contributed by atoms with E-state index in [0.29, 0.717) is 44.6 Å². The minimum absolute atomic E-state index is 0.00173. The predicted molar refractivity (Wildman–Crippen MR) is 133 cm³/mol. The summed E-state index contributed by atoms with van der Waals surface area (Å²) in [7, 11) is 1.72. The lowest BCUT2D eigenvalue weighted by molar-refractivity contribution is -0.136.